The quantitative estimate of drug-likeness (QED) is 0.928. The summed E-state index contributed by atoms with van der Waals surface area (Å²) in [6, 6.07) is 6.02. The third-order valence-electron chi connectivity index (χ3n) is 3.83. The second kappa shape index (κ2) is 5.07. The maximum Gasteiger partial charge on any atom is 0.256 e. The Morgan fingerprint density at radius 1 is 1.33 bits per heavy atom. The third-order valence-corrected chi connectivity index (χ3v) is 4.91. The number of carbonyl (C=O) groups excluding carboxylic acids is 1. The van der Waals surface area contributed by atoms with E-state index in [2.05, 4.69) is 6.07 Å². The van der Waals surface area contributed by atoms with Gasteiger partial charge in [-0.2, -0.15) is 0 Å². The second-order valence-corrected chi connectivity index (χ2v) is 6.50. The van der Waals surface area contributed by atoms with E-state index in [4.69, 9.17) is 10.5 Å². The lowest BCUT2D eigenvalue weighted by Gasteiger charge is -2.19. The first kappa shape index (κ1) is 13.9. The highest BCUT2D eigenvalue weighted by Gasteiger charge is 2.28. The first-order valence-electron chi connectivity index (χ1n) is 6.83. The molecule has 1 aromatic heterocycles. The Bertz CT molecular complexity index is 719. The number of anilines is 1. The molecule has 0 saturated heterocycles. The van der Waals surface area contributed by atoms with Gasteiger partial charge in [0.15, 0.2) is 0 Å². The van der Waals surface area contributed by atoms with Gasteiger partial charge in [0.1, 0.15) is 5.75 Å². The number of carbonyl (C=O) groups is 1. The molecule has 2 aromatic rings. The molecule has 1 aromatic carbocycles. The molecular weight excluding hydrogens is 284 g/mol. The zero-order valence-electron chi connectivity index (χ0n) is 12.4. The van der Waals surface area contributed by atoms with E-state index < -0.39 is 0 Å². The van der Waals surface area contributed by atoms with Crippen molar-refractivity contribution < 1.29 is 9.53 Å². The Morgan fingerprint density at radius 2 is 2.10 bits per heavy atom. The standard InChI is InChI=1S/C16H18N2O2S/c1-18(2)16(19)14-13-11-6-5-10(20-3)8-9(11)4-7-12(13)21-15(14)17/h5-6,8H,4,7,17H2,1-3H3. The molecule has 1 aliphatic rings. The Hall–Kier alpha value is -2.01. The van der Waals surface area contributed by atoms with Crippen molar-refractivity contribution in [2.45, 2.75) is 12.8 Å². The Morgan fingerprint density at radius 3 is 2.76 bits per heavy atom. The summed E-state index contributed by atoms with van der Waals surface area (Å²) in [5.74, 6) is 0.814. The van der Waals surface area contributed by atoms with Gasteiger partial charge < -0.3 is 15.4 Å². The molecule has 2 N–H and O–H groups in total. The first-order chi connectivity index (χ1) is 10.0. The predicted octanol–water partition coefficient (Wildman–Crippen LogP) is 2.81. The van der Waals surface area contributed by atoms with Crippen molar-refractivity contribution in [1.82, 2.24) is 4.90 Å². The molecule has 0 unspecified atom stereocenters. The molecule has 21 heavy (non-hydrogen) atoms. The summed E-state index contributed by atoms with van der Waals surface area (Å²) in [6.07, 6.45) is 1.88. The number of benzene rings is 1. The SMILES string of the molecule is COc1ccc2c(c1)CCc1sc(N)c(C(=O)N(C)C)c1-2. The van der Waals surface area contributed by atoms with E-state index in [0.717, 1.165) is 29.7 Å². The molecule has 3 rings (SSSR count). The summed E-state index contributed by atoms with van der Waals surface area (Å²) >= 11 is 1.54. The van der Waals surface area contributed by atoms with Gasteiger partial charge in [-0.05, 0) is 36.1 Å². The molecule has 1 heterocycles. The largest absolute Gasteiger partial charge is 0.497 e. The van der Waals surface area contributed by atoms with E-state index in [1.54, 1.807) is 26.1 Å². The molecule has 0 bridgehead atoms. The number of nitrogens with two attached hydrogens (primary N) is 1. The maximum atomic E-state index is 12.5. The number of hydrogen-bond donors (Lipinski definition) is 1. The maximum absolute atomic E-state index is 12.5. The molecule has 0 saturated carbocycles. The van der Waals surface area contributed by atoms with Crippen molar-refractivity contribution in [3.8, 4) is 16.9 Å². The monoisotopic (exact) mass is 302 g/mol. The fourth-order valence-corrected chi connectivity index (χ4v) is 3.87. The molecule has 110 valence electrons. The summed E-state index contributed by atoms with van der Waals surface area (Å²) in [6.45, 7) is 0. The lowest BCUT2D eigenvalue weighted by Crippen LogP contribution is -2.23. The van der Waals surface area contributed by atoms with Crippen molar-refractivity contribution in [3.63, 3.8) is 0 Å². The number of methoxy groups -OCH3 is 1. The van der Waals surface area contributed by atoms with Gasteiger partial charge in [0.05, 0.1) is 17.7 Å². The number of nitrogen functional groups attached to an aromatic ring is 1. The van der Waals surface area contributed by atoms with Crippen LogP contribution in [-0.2, 0) is 12.8 Å². The van der Waals surface area contributed by atoms with Crippen LogP contribution in [0, 0.1) is 0 Å². The molecule has 1 aliphatic carbocycles. The molecule has 0 fully saturated rings. The van der Waals surface area contributed by atoms with E-state index in [0.29, 0.717) is 10.6 Å². The van der Waals surface area contributed by atoms with Crippen molar-refractivity contribution in [1.29, 1.82) is 0 Å². The Kier molecular flexibility index (Phi) is 3.37. The number of ether oxygens (including phenoxy) is 1. The highest BCUT2D eigenvalue weighted by atomic mass is 32.1. The van der Waals surface area contributed by atoms with Crippen LogP contribution in [0.3, 0.4) is 0 Å². The van der Waals surface area contributed by atoms with Crippen molar-refractivity contribution in [2.24, 2.45) is 0 Å². The number of aryl methyl sites for hydroxylation is 2. The molecule has 5 heteroatoms. The van der Waals surface area contributed by atoms with Gasteiger partial charge in [0.25, 0.3) is 5.91 Å². The van der Waals surface area contributed by atoms with E-state index in [1.807, 2.05) is 12.1 Å². The van der Waals surface area contributed by atoms with E-state index in [1.165, 1.54) is 21.8 Å². The van der Waals surface area contributed by atoms with Gasteiger partial charge in [-0.3, -0.25) is 4.79 Å². The third kappa shape index (κ3) is 2.17. The number of thiophene rings is 1. The van der Waals surface area contributed by atoms with Crippen LogP contribution in [0.5, 0.6) is 5.75 Å². The van der Waals surface area contributed by atoms with E-state index >= 15 is 0 Å². The Labute approximate surface area is 128 Å². The van der Waals surface area contributed by atoms with Gasteiger partial charge in [-0.15, -0.1) is 11.3 Å². The topological polar surface area (TPSA) is 55.6 Å². The lowest BCUT2D eigenvalue weighted by molar-refractivity contribution is 0.0829. The first-order valence-corrected chi connectivity index (χ1v) is 7.64. The summed E-state index contributed by atoms with van der Waals surface area (Å²) < 4.78 is 5.29. The number of rotatable bonds is 2. The Balaban J connectivity index is 2.21. The molecule has 4 nitrogen and oxygen atoms in total. The minimum Gasteiger partial charge on any atom is -0.497 e. The summed E-state index contributed by atoms with van der Waals surface area (Å²) in [5.41, 5.74) is 10.1. The minimum absolute atomic E-state index is 0.0336. The predicted molar refractivity (Wildman–Crippen MR) is 86.1 cm³/mol. The summed E-state index contributed by atoms with van der Waals surface area (Å²) in [4.78, 5) is 15.2. The zero-order chi connectivity index (χ0) is 15.1. The smallest absolute Gasteiger partial charge is 0.256 e. The fourth-order valence-electron chi connectivity index (χ4n) is 2.79. The molecule has 0 spiro atoms. The lowest BCUT2D eigenvalue weighted by atomic mass is 9.87. The van der Waals surface area contributed by atoms with E-state index in [9.17, 15) is 4.79 Å². The highest BCUT2D eigenvalue weighted by molar-refractivity contribution is 7.17. The van der Waals surface area contributed by atoms with Crippen LogP contribution < -0.4 is 10.5 Å². The molecule has 0 aliphatic heterocycles. The number of nitrogens with zero attached hydrogens (tertiary/aromatic N) is 1. The van der Waals surface area contributed by atoms with Crippen LogP contribution in [0.2, 0.25) is 0 Å². The molecular formula is C16H18N2O2S. The van der Waals surface area contributed by atoms with Crippen LogP contribution in [0.25, 0.3) is 11.1 Å². The van der Waals surface area contributed by atoms with Crippen LogP contribution in [-0.4, -0.2) is 32.0 Å². The van der Waals surface area contributed by atoms with Crippen LogP contribution in [0.1, 0.15) is 20.8 Å². The van der Waals surface area contributed by atoms with Gasteiger partial charge in [-0.25, -0.2) is 0 Å². The molecule has 0 radical (unpaired) electrons. The van der Waals surface area contributed by atoms with Gasteiger partial charge in [0, 0.05) is 24.5 Å². The highest BCUT2D eigenvalue weighted by Crippen LogP contribution is 2.44. The average Bonchev–Trinajstić information content (AvgIpc) is 2.81. The van der Waals surface area contributed by atoms with E-state index in [-0.39, 0.29) is 5.91 Å². The fraction of sp³-hybridized carbons (Fsp3) is 0.312. The number of hydrogen-bond acceptors (Lipinski definition) is 4. The normalized spacial score (nSPS) is 12.5. The molecule has 1 amide bonds. The van der Waals surface area contributed by atoms with Gasteiger partial charge in [-0.1, -0.05) is 6.07 Å². The van der Waals surface area contributed by atoms with Crippen LogP contribution >= 0.6 is 11.3 Å². The van der Waals surface area contributed by atoms with Crippen LogP contribution in [0.15, 0.2) is 18.2 Å². The second-order valence-electron chi connectivity index (χ2n) is 5.36. The average molecular weight is 302 g/mol. The van der Waals surface area contributed by atoms with Gasteiger partial charge >= 0.3 is 0 Å². The zero-order valence-corrected chi connectivity index (χ0v) is 13.2. The number of amides is 1. The number of fused-ring (bicyclic) bond motifs is 3. The minimum atomic E-state index is -0.0336. The summed E-state index contributed by atoms with van der Waals surface area (Å²) in [5, 5.41) is 0.613. The van der Waals surface area contributed by atoms with Crippen molar-refractivity contribution >= 4 is 22.2 Å². The van der Waals surface area contributed by atoms with Gasteiger partial charge in [0.2, 0.25) is 0 Å². The van der Waals surface area contributed by atoms with Crippen LogP contribution in [0.4, 0.5) is 5.00 Å². The molecule has 0 atom stereocenters. The van der Waals surface area contributed by atoms with Crippen molar-refractivity contribution in [2.75, 3.05) is 26.9 Å². The van der Waals surface area contributed by atoms with Crippen molar-refractivity contribution in [3.05, 3.63) is 34.2 Å². The summed E-state index contributed by atoms with van der Waals surface area (Å²) in [7, 11) is 5.17.